The van der Waals surface area contributed by atoms with E-state index in [0.717, 1.165) is 29.0 Å². The van der Waals surface area contributed by atoms with Crippen molar-refractivity contribution in [1.82, 2.24) is 0 Å². The summed E-state index contributed by atoms with van der Waals surface area (Å²) < 4.78 is 30.4. The van der Waals surface area contributed by atoms with Gasteiger partial charge in [0.25, 0.3) is 0 Å². The number of nitrogens with zero attached hydrogens (tertiary/aromatic N) is 1. The molecule has 0 saturated carbocycles. The van der Waals surface area contributed by atoms with Crippen LogP contribution in [0.2, 0.25) is 0 Å². The van der Waals surface area contributed by atoms with Crippen LogP contribution in [0.25, 0.3) is 0 Å². The predicted molar refractivity (Wildman–Crippen MR) is 143 cm³/mol. The molecule has 0 saturated heterocycles. The number of benzene rings is 3. The highest BCUT2D eigenvalue weighted by atomic mass is 19.1. The summed E-state index contributed by atoms with van der Waals surface area (Å²) in [7, 11) is 0. The third kappa shape index (κ3) is 8.10. The number of carbonyl (C=O) groups is 2. The first-order valence-electron chi connectivity index (χ1n) is 13.0. The Morgan fingerprint density at radius 3 is 2.38 bits per heavy atom. The van der Waals surface area contributed by atoms with Gasteiger partial charge in [0.15, 0.2) is 0 Å². The Balaban J connectivity index is 1.29. The Bertz CT molecular complexity index is 1260. The molecule has 0 amide bonds. The summed E-state index contributed by atoms with van der Waals surface area (Å²) in [6.07, 6.45) is 1.45. The lowest BCUT2D eigenvalue weighted by molar-refractivity contribution is -0.145. The Hall–Kier alpha value is -4.27. The molecule has 0 aromatic heterocycles. The van der Waals surface area contributed by atoms with Crippen LogP contribution in [-0.2, 0) is 22.4 Å². The van der Waals surface area contributed by atoms with Crippen LogP contribution in [0.5, 0.6) is 17.2 Å². The van der Waals surface area contributed by atoms with Crippen LogP contribution < -0.4 is 19.1 Å². The number of rotatable bonds is 14. The zero-order valence-corrected chi connectivity index (χ0v) is 21.6. The Morgan fingerprint density at radius 1 is 0.923 bits per heavy atom. The van der Waals surface area contributed by atoms with Crippen molar-refractivity contribution < 1.29 is 38.4 Å². The predicted octanol–water partition coefficient (Wildman–Crippen LogP) is 4.98. The molecule has 0 spiro atoms. The van der Waals surface area contributed by atoms with Gasteiger partial charge in [-0.3, -0.25) is 4.79 Å². The molecule has 2 N–H and O–H groups in total. The topological polar surface area (TPSA) is 106 Å². The lowest BCUT2D eigenvalue weighted by Gasteiger charge is -2.35. The molecule has 206 valence electrons. The average molecular weight is 538 g/mol. The van der Waals surface area contributed by atoms with Crippen LogP contribution in [0.4, 0.5) is 10.1 Å². The lowest BCUT2D eigenvalue weighted by atomic mass is 10.0. The number of halogens is 1. The summed E-state index contributed by atoms with van der Waals surface area (Å²) in [5, 5.41) is 18.6. The highest BCUT2D eigenvalue weighted by molar-refractivity contribution is 5.77. The molecule has 1 unspecified atom stereocenters. The van der Waals surface area contributed by atoms with Crippen molar-refractivity contribution in [3.05, 3.63) is 83.7 Å². The van der Waals surface area contributed by atoms with Crippen molar-refractivity contribution in [2.45, 2.75) is 38.2 Å². The fourth-order valence-electron chi connectivity index (χ4n) is 4.42. The summed E-state index contributed by atoms with van der Waals surface area (Å²) in [5.41, 5.74) is 2.79. The number of carboxylic acids is 2. The van der Waals surface area contributed by atoms with E-state index in [4.69, 9.17) is 19.3 Å². The van der Waals surface area contributed by atoms with Crippen molar-refractivity contribution in [1.29, 1.82) is 0 Å². The molecule has 9 heteroatoms. The summed E-state index contributed by atoms with van der Waals surface area (Å²) in [5.74, 6) is -0.469. The molecule has 1 heterocycles. The van der Waals surface area contributed by atoms with E-state index in [1.165, 1.54) is 12.1 Å². The van der Waals surface area contributed by atoms with Gasteiger partial charge in [-0.05, 0) is 60.7 Å². The maximum atomic E-state index is 13.2. The molecular formula is C30H32FNO7. The number of carboxylic acid groups (broad SMARTS) is 2. The molecule has 4 rings (SSSR count). The van der Waals surface area contributed by atoms with Crippen LogP contribution >= 0.6 is 0 Å². The van der Waals surface area contributed by atoms with Gasteiger partial charge in [0.1, 0.15) is 23.1 Å². The van der Waals surface area contributed by atoms with E-state index in [2.05, 4.69) is 0 Å². The zero-order valence-electron chi connectivity index (χ0n) is 21.6. The summed E-state index contributed by atoms with van der Waals surface area (Å²) >= 11 is 0. The number of ether oxygens (including phenoxy) is 3. The number of aliphatic carboxylic acids is 2. The quantitative estimate of drug-likeness (QED) is 0.278. The number of aryl methyl sites for hydroxylation is 2. The SMILES string of the molecule is O=C(O)CCCN1CC(C(=O)O)Oc2c(CCc3ccc(OCCCOc4cccc(F)c4)cc3)cccc21. The molecule has 39 heavy (non-hydrogen) atoms. The smallest absolute Gasteiger partial charge is 0.346 e. The Morgan fingerprint density at radius 2 is 1.67 bits per heavy atom. The highest BCUT2D eigenvalue weighted by Crippen LogP contribution is 2.37. The standard InChI is InChI=1S/C30H32FNO7/c31-23-6-2-7-25(19-23)38-18-4-17-37-24-14-11-21(12-15-24)10-13-22-5-1-8-26-29(22)39-27(30(35)36)20-32(26)16-3-9-28(33)34/h1-2,5-8,11-12,14-15,19,27H,3-4,9-10,13,16-18,20H2,(H,33,34)(H,35,36). The van der Waals surface area contributed by atoms with Crippen molar-refractivity contribution in [2.24, 2.45) is 0 Å². The molecule has 1 atom stereocenters. The van der Waals surface area contributed by atoms with Crippen molar-refractivity contribution in [3.8, 4) is 17.2 Å². The molecule has 0 radical (unpaired) electrons. The van der Waals surface area contributed by atoms with E-state index in [-0.39, 0.29) is 18.8 Å². The minimum absolute atomic E-state index is 0.0204. The van der Waals surface area contributed by atoms with Crippen LogP contribution in [0.1, 0.15) is 30.4 Å². The molecule has 8 nitrogen and oxygen atoms in total. The second kappa shape index (κ2) is 13.5. The second-order valence-corrected chi connectivity index (χ2v) is 9.31. The van der Waals surface area contributed by atoms with Crippen LogP contribution in [0, 0.1) is 5.82 Å². The van der Waals surface area contributed by atoms with E-state index in [0.29, 0.717) is 50.5 Å². The Kier molecular flexibility index (Phi) is 9.61. The summed E-state index contributed by atoms with van der Waals surface area (Å²) in [6.45, 7) is 1.50. The molecule has 0 aliphatic carbocycles. The minimum Gasteiger partial charge on any atom is -0.493 e. The Labute approximate surface area is 226 Å². The third-order valence-corrected chi connectivity index (χ3v) is 6.39. The van der Waals surface area contributed by atoms with Crippen molar-refractivity contribution in [3.63, 3.8) is 0 Å². The van der Waals surface area contributed by atoms with Gasteiger partial charge in [-0.2, -0.15) is 0 Å². The maximum Gasteiger partial charge on any atom is 0.346 e. The average Bonchev–Trinajstić information content (AvgIpc) is 2.92. The fraction of sp³-hybridized carbons (Fsp3) is 0.333. The van der Waals surface area contributed by atoms with Crippen LogP contribution in [0.15, 0.2) is 66.7 Å². The van der Waals surface area contributed by atoms with Gasteiger partial charge in [0.2, 0.25) is 6.10 Å². The van der Waals surface area contributed by atoms with E-state index in [1.807, 2.05) is 47.4 Å². The number of para-hydroxylation sites is 1. The van der Waals surface area contributed by atoms with E-state index >= 15 is 0 Å². The largest absolute Gasteiger partial charge is 0.493 e. The molecular weight excluding hydrogens is 505 g/mol. The summed E-state index contributed by atoms with van der Waals surface area (Å²) in [4.78, 5) is 24.6. The van der Waals surface area contributed by atoms with Gasteiger partial charge < -0.3 is 29.3 Å². The van der Waals surface area contributed by atoms with Gasteiger partial charge >= 0.3 is 11.9 Å². The molecule has 1 aliphatic rings. The van der Waals surface area contributed by atoms with Gasteiger partial charge in [-0.15, -0.1) is 0 Å². The third-order valence-electron chi connectivity index (χ3n) is 6.39. The van der Waals surface area contributed by atoms with E-state index in [9.17, 15) is 19.1 Å². The summed E-state index contributed by atoms with van der Waals surface area (Å²) in [6, 6.07) is 19.6. The molecule has 1 aliphatic heterocycles. The van der Waals surface area contributed by atoms with Gasteiger partial charge in [-0.25, -0.2) is 9.18 Å². The maximum absolute atomic E-state index is 13.2. The second-order valence-electron chi connectivity index (χ2n) is 9.31. The molecule has 3 aromatic rings. The van der Waals surface area contributed by atoms with Crippen molar-refractivity contribution >= 4 is 17.6 Å². The monoisotopic (exact) mass is 537 g/mol. The van der Waals surface area contributed by atoms with Crippen LogP contribution in [0.3, 0.4) is 0 Å². The molecule has 0 bridgehead atoms. The van der Waals surface area contributed by atoms with Gasteiger partial charge in [0.05, 0.1) is 25.4 Å². The number of hydrogen-bond acceptors (Lipinski definition) is 6. The normalized spacial score (nSPS) is 14.3. The number of fused-ring (bicyclic) bond motifs is 1. The van der Waals surface area contributed by atoms with Crippen LogP contribution in [-0.4, -0.2) is 54.6 Å². The van der Waals surface area contributed by atoms with Crippen molar-refractivity contribution in [2.75, 3.05) is 31.2 Å². The number of anilines is 1. The van der Waals surface area contributed by atoms with E-state index in [1.54, 1.807) is 12.1 Å². The lowest BCUT2D eigenvalue weighted by Crippen LogP contribution is -2.45. The molecule has 3 aromatic carbocycles. The first kappa shape index (κ1) is 27.8. The fourth-order valence-corrected chi connectivity index (χ4v) is 4.42. The first-order chi connectivity index (χ1) is 18.9. The first-order valence-corrected chi connectivity index (χ1v) is 13.0. The minimum atomic E-state index is -1.05. The highest BCUT2D eigenvalue weighted by Gasteiger charge is 2.31. The van der Waals surface area contributed by atoms with Gasteiger partial charge in [-0.1, -0.05) is 30.3 Å². The number of hydrogen-bond donors (Lipinski definition) is 2. The molecule has 0 fully saturated rings. The zero-order chi connectivity index (χ0) is 27.6. The van der Waals surface area contributed by atoms with Gasteiger partial charge in [0, 0.05) is 25.5 Å². The van der Waals surface area contributed by atoms with E-state index < -0.39 is 18.0 Å².